The molecule has 0 aromatic heterocycles. The van der Waals surface area contributed by atoms with E-state index in [0.717, 1.165) is 38.9 Å². The zero-order chi connectivity index (χ0) is 14.7. The van der Waals surface area contributed by atoms with Gasteiger partial charge in [0, 0.05) is 26.1 Å². The van der Waals surface area contributed by atoms with Gasteiger partial charge >= 0.3 is 5.97 Å². The van der Waals surface area contributed by atoms with Crippen molar-refractivity contribution < 1.29 is 24.1 Å². The van der Waals surface area contributed by atoms with E-state index in [1.807, 2.05) is 0 Å². The van der Waals surface area contributed by atoms with Crippen LogP contribution in [0.5, 0.6) is 5.75 Å². The highest BCUT2D eigenvalue weighted by atomic mass is 16.5. The molecule has 2 aliphatic heterocycles. The third-order valence-electron chi connectivity index (χ3n) is 4.26. The smallest absolute Gasteiger partial charge is 0.339 e. The fourth-order valence-corrected chi connectivity index (χ4v) is 3.10. The van der Waals surface area contributed by atoms with Crippen molar-refractivity contribution >= 4 is 5.97 Å². The maximum absolute atomic E-state index is 11.2. The molecule has 114 valence electrons. The van der Waals surface area contributed by atoms with E-state index in [1.165, 1.54) is 0 Å². The number of ether oxygens (including phenoxy) is 3. The Morgan fingerprint density at radius 2 is 2.00 bits per heavy atom. The molecule has 0 saturated carbocycles. The highest BCUT2D eigenvalue weighted by Gasteiger charge is 2.40. The molecule has 5 heteroatoms. The Kier molecular flexibility index (Phi) is 4.12. The minimum Gasteiger partial charge on any atom is -0.489 e. The molecule has 3 rings (SSSR count). The standard InChI is InChI=1S/C16H20O5/c17-15(18)13-3-1-2-4-14(13)21-12-5-8-20-16(11-12)6-9-19-10-7-16/h1-4,12H,5-11H2,(H,17,18). The fourth-order valence-electron chi connectivity index (χ4n) is 3.10. The first-order valence-corrected chi connectivity index (χ1v) is 7.39. The summed E-state index contributed by atoms with van der Waals surface area (Å²) in [6.07, 6.45) is 3.35. The largest absolute Gasteiger partial charge is 0.489 e. The van der Waals surface area contributed by atoms with Crippen LogP contribution in [0.3, 0.4) is 0 Å². The summed E-state index contributed by atoms with van der Waals surface area (Å²) in [7, 11) is 0. The minimum absolute atomic E-state index is 0.00245. The Balaban J connectivity index is 1.71. The van der Waals surface area contributed by atoms with Crippen molar-refractivity contribution in [2.75, 3.05) is 19.8 Å². The lowest BCUT2D eigenvalue weighted by atomic mass is 9.85. The molecule has 5 nitrogen and oxygen atoms in total. The minimum atomic E-state index is -0.960. The van der Waals surface area contributed by atoms with E-state index in [1.54, 1.807) is 24.3 Å². The molecule has 2 aliphatic rings. The molecular weight excluding hydrogens is 272 g/mol. The number of hydrogen-bond acceptors (Lipinski definition) is 4. The Morgan fingerprint density at radius 1 is 1.24 bits per heavy atom. The van der Waals surface area contributed by atoms with Crippen molar-refractivity contribution in [1.82, 2.24) is 0 Å². The molecule has 1 aromatic rings. The first-order valence-electron chi connectivity index (χ1n) is 7.39. The van der Waals surface area contributed by atoms with Crippen LogP contribution in [0, 0.1) is 0 Å². The number of para-hydroxylation sites is 1. The van der Waals surface area contributed by atoms with Gasteiger partial charge in [-0.05, 0) is 25.0 Å². The number of carboxylic acid groups (broad SMARTS) is 1. The molecule has 0 radical (unpaired) electrons. The predicted molar refractivity (Wildman–Crippen MR) is 75.8 cm³/mol. The summed E-state index contributed by atoms with van der Waals surface area (Å²) >= 11 is 0. The zero-order valence-electron chi connectivity index (χ0n) is 11.9. The Morgan fingerprint density at radius 3 is 2.76 bits per heavy atom. The van der Waals surface area contributed by atoms with Crippen LogP contribution >= 0.6 is 0 Å². The van der Waals surface area contributed by atoms with Gasteiger partial charge in [-0.1, -0.05) is 12.1 Å². The highest BCUT2D eigenvalue weighted by molar-refractivity contribution is 5.90. The van der Waals surface area contributed by atoms with Crippen molar-refractivity contribution in [1.29, 1.82) is 0 Å². The fraction of sp³-hybridized carbons (Fsp3) is 0.562. The Bertz CT molecular complexity index is 502. The molecule has 0 aliphatic carbocycles. The Labute approximate surface area is 123 Å². The topological polar surface area (TPSA) is 65.0 Å². The lowest BCUT2D eigenvalue weighted by Gasteiger charge is -2.43. The van der Waals surface area contributed by atoms with Gasteiger partial charge in [-0.2, -0.15) is 0 Å². The number of carbonyl (C=O) groups is 1. The maximum Gasteiger partial charge on any atom is 0.339 e. The molecule has 1 aromatic carbocycles. The second-order valence-corrected chi connectivity index (χ2v) is 5.68. The molecule has 2 fully saturated rings. The summed E-state index contributed by atoms with van der Waals surface area (Å²) < 4.78 is 17.4. The normalized spacial score (nSPS) is 24.7. The SMILES string of the molecule is O=C(O)c1ccccc1OC1CCOC2(CCOCC2)C1. The van der Waals surface area contributed by atoms with Crippen molar-refractivity contribution in [3.8, 4) is 5.75 Å². The van der Waals surface area contributed by atoms with Crippen molar-refractivity contribution in [3.05, 3.63) is 29.8 Å². The third-order valence-corrected chi connectivity index (χ3v) is 4.26. The van der Waals surface area contributed by atoms with Gasteiger partial charge in [0.1, 0.15) is 17.4 Å². The summed E-state index contributed by atoms with van der Waals surface area (Å²) in [5, 5.41) is 9.22. The monoisotopic (exact) mass is 292 g/mol. The van der Waals surface area contributed by atoms with Crippen LogP contribution in [0.2, 0.25) is 0 Å². The lowest BCUT2D eigenvalue weighted by Crippen LogP contribution is -2.47. The highest BCUT2D eigenvalue weighted by Crippen LogP contribution is 2.36. The van der Waals surface area contributed by atoms with Crippen LogP contribution in [0.25, 0.3) is 0 Å². The number of hydrogen-bond donors (Lipinski definition) is 1. The van der Waals surface area contributed by atoms with E-state index >= 15 is 0 Å². The number of benzene rings is 1. The first kappa shape index (κ1) is 14.4. The molecule has 1 atom stereocenters. The van der Waals surface area contributed by atoms with Gasteiger partial charge in [0.25, 0.3) is 0 Å². The predicted octanol–water partition coefficient (Wildman–Crippen LogP) is 2.49. The summed E-state index contributed by atoms with van der Waals surface area (Å²) in [5.74, 6) is -0.516. The first-order chi connectivity index (χ1) is 10.2. The average Bonchev–Trinajstić information content (AvgIpc) is 2.48. The summed E-state index contributed by atoms with van der Waals surface area (Å²) in [5.41, 5.74) is 0.0595. The van der Waals surface area contributed by atoms with Gasteiger partial charge < -0.3 is 19.3 Å². The summed E-state index contributed by atoms with van der Waals surface area (Å²) in [6, 6.07) is 6.79. The lowest BCUT2D eigenvalue weighted by molar-refractivity contribution is -0.155. The van der Waals surface area contributed by atoms with Gasteiger partial charge in [-0.25, -0.2) is 4.79 Å². The van der Waals surface area contributed by atoms with Gasteiger partial charge in [0.05, 0.1) is 12.2 Å². The van der Waals surface area contributed by atoms with Crippen LogP contribution in [-0.2, 0) is 9.47 Å². The van der Waals surface area contributed by atoms with Crippen LogP contribution < -0.4 is 4.74 Å². The van der Waals surface area contributed by atoms with E-state index in [2.05, 4.69) is 0 Å². The molecule has 1 N–H and O–H groups in total. The van der Waals surface area contributed by atoms with Gasteiger partial charge in [0.15, 0.2) is 0 Å². The molecule has 0 amide bonds. The number of aromatic carboxylic acids is 1. The third kappa shape index (κ3) is 3.19. The second kappa shape index (κ2) is 6.03. The van der Waals surface area contributed by atoms with Gasteiger partial charge in [-0.3, -0.25) is 0 Å². The van der Waals surface area contributed by atoms with Crippen molar-refractivity contribution in [2.24, 2.45) is 0 Å². The van der Waals surface area contributed by atoms with E-state index in [4.69, 9.17) is 14.2 Å². The summed E-state index contributed by atoms with van der Waals surface area (Å²) in [4.78, 5) is 11.2. The molecule has 0 bridgehead atoms. The molecule has 2 saturated heterocycles. The molecule has 21 heavy (non-hydrogen) atoms. The molecule has 2 heterocycles. The summed E-state index contributed by atoms with van der Waals surface area (Å²) in [6.45, 7) is 2.09. The van der Waals surface area contributed by atoms with E-state index < -0.39 is 5.97 Å². The van der Waals surface area contributed by atoms with Crippen molar-refractivity contribution in [2.45, 2.75) is 37.4 Å². The molecule has 1 unspecified atom stereocenters. The number of carboxylic acids is 1. The van der Waals surface area contributed by atoms with Crippen LogP contribution in [0.15, 0.2) is 24.3 Å². The van der Waals surface area contributed by atoms with E-state index in [0.29, 0.717) is 12.4 Å². The van der Waals surface area contributed by atoms with Crippen LogP contribution in [0.4, 0.5) is 0 Å². The van der Waals surface area contributed by atoms with Gasteiger partial charge in [0.2, 0.25) is 0 Å². The molecular formula is C16H20O5. The van der Waals surface area contributed by atoms with Crippen LogP contribution in [0.1, 0.15) is 36.0 Å². The van der Waals surface area contributed by atoms with E-state index in [9.17, 15) is 9.90 Å². The van der Waals surface area contributed by atoms with Crippen molar-refractivity contribution in [3.63, 3.8) is 0 Å². The maximum atomic E-state index is 11.2. The van der Waals surface area contributed by atoms with Gasteiger partial charge in [-0.15, -0.1) is 0 Å². The van der Waals surface area contributed by atoms with Crippen LogP contribution in [-0.4, -0.2) is 42.6 Å². The molecule has 1 spiro atoms. The average molecular weight is 292 g/mol. The quantitative estimate of drug-likeness (QED) is 0.927. The zero-order valence-corrected chi connectivity index (χ0v) is 11.9. The number of rotatable bonds is 3. The van der Waals surface area contributed by atoms with E-state index in [-0.39, 0.29) is 17.3 Å². The second-order valence-electron chi connectivity index (χ2n) is 5.68. The Hall–Kier alpha value is -1.59.